The number of pyridine rings is 2. The predicted octanol–water partition coefficient (Wildman–Crippen LogP) is 10.2. The Kier molecular flexibility index (Phi) is 12.0. The summed E-state index contributed by atoms with van der Waals surface area (Å²) in [6.07, 6.45) is 7.71. The molecule has 0 saturated heterocycles. The lowest BCUT2D eigenvalue weighted by molar-refractivity contribution is 0.0607. The molecule has 240 valence electrons. The number of carbonyl (C=O) groups is 1. The van der Waals surface area contributed by atoms with Gasteiger partial charge in [0.15, 0.2) is 0 Å². The van der Waals surface area contributed by atoms with Crippen molar-refractivity contribution in [2.45, 2.75) is 39.5 Å². The van der Waals surface area contributed by atoms with Crippen molar-refractivity contribution in [1.29, 1.82) is 0 Å². The van der Waals surface area contributed by atoms with E-state index in [4.69, 9.17) is 19.4 Å². The van der Waals surface area contributed by atoms with Crippen LogP contribution in [0.1, 0.15) is 47.7 Å². The Morgan fingerprint density at radius 1 is 0.766 bits per heavy atom. The van der Waals surface area contributed by atoms with Crippen molar-refractivity contribution in [2.75, 3.05) is 14.2 Å². The summed E-state index contributed by atoms with van der Waals surface area (Å²) in [5, 5.41) is 3.90. The number of aryl methyl sites for hydroxylation is 2. The van der Waals surface area contributed by atoms with Gasteiger partial charge in [-0.3, -0.25) is 9.97 Å². The molecule has 0 unspecified atom stereocenters. The number of hydrogen-bond acceptors (Lipinski definition) is 9. The molecule has 0 aliphatic carbocycles. The van der Waals surface area contributed by atoms with Crippen LogP contribution in [0.4, 0.5) is 0 Å². The number of esters is 1. The fraction of sp³-hybridized carbons (Fsp3) is 0.216. The molecule has 0 aliphatic heterocycles. The van der Waals surface area contributed by atoms with E-state index >= 15 is 0 Å². The van der Waals surface area contributed by atoms with Gasteiger partial charge in [-0.1, -0.05) is 66.9 Å². The summed E-state index contributed by atoms with van der Waals surface area (Å²) >= 11 is 6.43. The van der Waals surface area contributed by atoms with Crippen LogP contribution in [0.2, 0.25) is 0 Å². The first-order chi connectivity index (χ1) is 22.9. The molecule has 0 spiro atoms. The van der Waals surface area contributed by atoms with Crippen molar-refractivity contribution in [1.82, 2.24) is 19.9 Å². The summed E-state index contributed by atoms with van der Waals surface area (Å²) in [6.45, 7) is 4.29. The number of thiazole rings is 2. The number of methoxy groups -OCH3 is 2. The molecule has 0 atom stereocenters. The van der Waals surface area contributed by atoms with E-state index in [2.05, 4.69) is 57.3 Å². The standard InChI is InChI=1S/C19H17BrN2O2S.C18H18N2OS/c1-3-4-15-11-13(9-10-21-15)18-22-16(17(25-18)19(23)24-2)12-5-7-14(20)8-6-12;1-3-5-15-10-14(8-9-19-15)18-20-17(12-22-18)13-6-4-7-16(11-13)21-2/h5-11H,3-4H2,1-2H3;4,6-12H,3,5H2,1-2H3. The molecule has 4 heterocycles. The van der Waals surface area contributed by atoms with Crippen LogP contribution in [-0.4, -0.2) is 40.1 Å². The minimum Gasteiger partial charge on any atom is -0.497 e. The molecular weight excluding hydrogens is 692 g/mol. The zero-order valence-electron chi connectivity index (χ0n) is 26.7. The molecule has 0 N–H and O–H groups in total. The third-order valence-electron chi connectivity index (χ3n) is 7.12. The largest absolute Gasteiger partial charge is 0.497 e. The van der Waals surface area contributed by atoms with Crippen LogP contribution in [0.25, 0.3) is 43.7 Å². The van der Waals surface area contributed by atoms with Crippen molar-refractivity contribution in [3.63, 3.8) is 0 Å². The Balaban J connectivity index is 0.000000186. The lowest BCUT2D eigenvalue weighted by Crippen LogP contribution is -2.00. The Morgan fingerprint density at radius 3 is 2.04 bits per heavy atom. The van der Waals surface area contributed by atoms with Gasteiger partial charge in [0.2, 0.25) is 0 Å². The first-order valence-electron chi connectivity index (χ1n) is 15.3. The van der Waals surface area contributed by atoms with E-state index in [0.717, 1.165) is 85.3 Å². The highest BCUT2D eigenvalue weighted by Gasteiger charge is 2.21. The number of halogens is 1. The van der Waals surface area contributed by atoms with Gasteiger partial charge in [0.05, 0.1) is 25.6 Å². The van der Waals surface area contributed by atoms with Crippen molar-refractivity contribution < 1.29 is 14.3 Å². The van der Waals surface area contributed by atoms with Gasteiger partial charge in [0.1, 0.15) is 20.6 Å². The van der Waals surface area contributed by atoms with Crippen LogP contribution in [-0.2, 0) is 17.6 Å². The Bertz CT molecular complexity index is 1940. The van der Waals surface area contributed by atoms with Crippen molar-refractivity contribution in [3.8, 4) is 49.4 Å². The highest BCUT2D eigenvalue weighted by molar-refractivity contribution is 9.10. The summed E-state index contributed by atoms with van der Waals surface area (Å²) < 4.78 is 11.2. The Hall–Kier alpha value is -4.25. The smallest absolute Gasteiger partial charge is 0.350 e. The topological polar surface area (TPSA) is 87.1 Å². The molecule has 0 saturated carbocycles. The lowest BCUT2D eigenvalue weighted by Gasteiger charge is -2.02. The molecular formula is C37H35BrN4O3S2. The molecule has 0 amide bonds. The summed E-state index contributed by atoms with van der Waals surface area (Å²) in [6, 6.07) is 23.8. The molecule has 0 bridgehead atoms. The number of benzene rings is 2. The third-order valence-corrected chi connectivity index (χ3v) is 9.63. The summed E-state index contributed by atoms with van der Waals surface area (Å²) in [5.41, 5.74) is 7.84. The molecule has 6 rings (SSSR count). The van der Waals surface area contributed by atoms with Crippen LogP contribution in [0, 0.1) is 0 Å². The lowest BCUT2D eigenvalue weighted by atomic mass is 10.1. The molecule has 7 nitrogen and oxygen atoms in total. The van der Waals surface area contributed by atoms with Crippen LogP contribution < -0.4 is 4.74 Å². The Labute approximate surface area is 291 Å². The van der Waals surface area contributed by atoms with Crippen LogP contribution in [0.3, 0.4) is 0 Å². The average molecular weight is 728 g/mol. The molecule has 10 heteroatoms. The number of rotatable bonds is 10. The summed E-state index contributed by atoms with van der Waals surface area (Å²) in [7, 11) is 3.07. The van der Waals surface area contributed by atoms with Gasteiger partial charge < -0.3 is 9.47 Å². The van der Waals surface area contributed by atoms with E-state index in [9.17, 15) is 4.79 Å². The maximum Gasteiger partial charge on any atom is 0.350 e. The van der Waals surface area contributed by atoms with Crippen LogP contribution in [0.15, 0.2) is 95.0 Å². The third kappa shape index (κ3) is 8.77. The number of ether oxygens (including phenoxy) is 2. The highest BCUT2D eigenvalue weighted by atomic mass is 79.9. The van der Waals surface area contributed by atoms with Gasteiger partial charge in [-0.15, -0.1) is 22.7 Å². The van der Waals surface area contributed by atoms with Gasteiger partial charge in [0, 0.05) is 55.9 Å². The van der Waals surface area contributed by atoms with E-state index < -0.39 is 0 Å². The fourth-order valence-electron chi connectivity index (χ4n) is 4.81. The van der Waals surface area contributed by atoms with Gasteiger partial charge in [-0.2, -0.15) is 0 Å². The quantitative estimate of drug-likeness (QED) is 0.130. The summed E-state index contributed by atoms with van der Waals surface area (Å²) in [4.78, 5) is 31.0. The second kappa shape index (κ2) is 16.5. The maximum absolute atomic E-state index is 12.2. The van der Waals surface area contributed by atoms with Crippen molar-refractivity contribution in [2.24, 2.45) is 0 Å². The van der Waals surface area contributed by atoms with Crippen LogP contribution >= 0.6 is 38.6 Å². The molecule has 0 radical (unpaired) electrons. The molecule has 4 aromatic heterocycles. The number of nitrogens with zero attached hydrogens (tertiary/aromatic N) is 4. The molecule has 6 aromatic rings. The zero-order chi connectivity index (χ0) is 33.2. The fourth-order valence-corrected chi connectivity index (χ4v) is 6.90. The first kappa shape index (κ1) is 34.1. The maximum atomic E-state index is 12.2. The van der Waals surface area contributed by atoms with Gasteiger partial charge in [-0.05, 0) is 61.4 Å². The Morgan fingerprint density at radius 2 is 1.43 bits per heavy atom. The first-order valence-corrected chi connectivity index (χ1v) is 17.8. The monoisotopic (exact) mass is 726 g/mol. The highest BCUT2D eigenvalue weighted by Crippen LogP contribution is 2.35. The SMILES string of the molecule is CCCc1cc(-c2nc(-c3ccc(Br)cc3)c(C(=O)OC)s2)ccn1.CCCc1cc(-c2nc(-c3cccc(OC)c3)cs2)ccn1. The second-order valence-corrected chi connectivity index (χ2v) is 13.3. The molecule has 0 fully saturated rings. The second-order valence-electron chi connectivity index (χ2n) is 10.5. The number of hydrogen-bond donors (Lipinski definition) is 0. The zero-order valence-corrected chi connectivity index (χ0v) is 29.9. The minimum atomic E-state index is -0.371. The molecule has 0 aliphatic rings. The molecule has 2 aromatic carbocycles. The van der Waals surface area contributed by atoms with E-state index in [1.54, 1.807) is 24.6 Å². The van der Waals surface area contributed by atoms with Gasteiger partial charge in [-0.25, -0.2) is 14.8 Å². The molecule has 47 heavy (non-hydrogen) atoms. The minimum absolute atomic E-state index is 0.371. The predicted molar refractivity (Wildman–Crippen MR) is 195 cm³/mol. The van der Waals surface area contributed by atoms with Crippen molar-refractivity contribution >= 4 is 44.6 Å². The van der Waals surface area contributed by atoms with Gasteiger partial charge >= 0.3 is 5.97 Å². The number of carbonyl (C=O) groups excluding carboxylic acids is 1. The number of aromatic nitrogens is 4. The van der Waals surface area contributed by atoms with Crippen LogP contribution in [0.5, 0.6) is 5.75 Å². The van der Waals surface area contributed by atoms with E-state index in [-0.39, 0.29) is 5.97 Å². The van der Waals surface area contributed by atoms with E-state index in [1.165, 1.54) is 18.4 Å². The van der Waals surface area contributed by atoms with E-state index in [1.807, 2.05) is 66.9 Å². The van der Waals surface area contributed by atoms with E-state index in [0.29, 0.717) is 10.6 Å². The van der Waals surface area contributed by atoms with Gasteiger partial charge in [0.25, 0.3) is 0 Å². The summed E-state index contributed by atoms with van der Waals surface area (Å²) in [5.74, 6) is 0.477. The average Bonchev–Trinajstić information content (AvgIpc) is 3.78. The normalized spacial score (nSPS) is 10.7. The van der Waals surface area contributed by atoms with Crippen molar-refractivity contribution in [3.05, 3.63) is 111 Å².